The van der Waals surface area contributed by atoms with Gasteiger partial charge in [0, 0.05) is 23.4 Å². The molecule has 0 bridgehead atoms. The summed E-state index contributed by atoms with van der Waals surface area (Å²) in [6.45, 7) is 1.96. The zero-order chi connectivity index (χ0) is 26.1. The Balaban J connectivity index is 1.65. The molecule has 1 aliphatic rings. The standard InChI is InChI=1S/C29H27F2N3O3/c1-17-7-9-19(10-8-17)27-33-24-15-22(30)23(31)16-25(24)34(27)26(18-5-3-2-4-6-18)28(35)32-21-13-11-20(12-14-21)29(36)37/h7-16,18,26H,2-6H2,1H3,(H,32,35)(H,36,37). The van der Waals surface area contributed by atoms with Crippen LogP contribution in [0.25, 0.3) is 22.4 Å². The zero-order valence-electron chi connectivity index (χ0n) is 20.4. The number of carbonyl (C=O) groups excluding carboxylic acids is 1. The Morgan fingerprint density at radius 3 is 2.27 bits per heavy atom. The smallest absolute Gasteiger partial charge is 0.335 e. The number of imidazole rings is 1. The highest BCUT2D eigenvalue weighted by Crippen LogP contribution is 2.39. The molecule has 37 heavy (non-hydrogen) atoms. The number of hydrogen-bond donors (Lipinski definition) is 2. The number of hydrogen-bond acceptors (Lipinski definition) is 3. The molecule has 1 amide bonds. The molecule has 1 heterocycles. The molecule has 1 aromatic heterocycles. The van der Waals surface area contributed by atoms with Gasteiger partial charge in [0.2, 0.25) is 5.91 Å². The number of carbonyl (C=O) groups is 2. The fraction of sp³-hybridized carbons (Fsp3) is 0.276. The summed E-state index contributed by atoms with van der Waals surface area (Å²) in [7, 11) is 0. The van der Waals surface area contributed by atoms with E-state index in [0.29, 0.717) is 17.0 Å². The van der Waals surface area contributed by atoms with Gasteiger partial charge in [0.1, 0.15) is 11.9 Å². The van der Waals surface area contributed by atoms with Crippen molar-refractivity contribution in [3.63, 3.8) is 0 Å². The molecule has 0 spiro atoms. The Hall–Kier alpha value is -4.07. The summed E-state index contributed by atoms with van der Waals surface area (Å²) in [4.78, 5) is 29.8. The predicted molar refractivity (Wildman–Crippen MR) is 137 cm³/mol. The molecule has 6 nitrogen and oxygen atoms in total. The lowest BCUT2D eigenvalue weighted by atomic mass is 9.83. The highest BCUT2D eigenvalue weighted by atomic mass is 19.2. The first-order valence-corrected chi connectivity index (χ1v) is 12.4. The van der Waals surface area contributed by atoms with Gasteiger partial charge in [0.05, 0.1) is 16.6 Å². The number of fused-ring (bicyclic) bond motifs is 1. The van der Waals surface area contributed by atoms with Crippen molar-refractivity contribution >= 4 is 28.6 Å². The predicted octanol–water partition coefficient (Wildman–Crippen LogP) is 6.75. The van der Waals surface area contributed by atoms with Gasteiger partial charge in [0.25, 0.3) is 0 Å². The van der Waals surface area contributed by atoms with Crippen molar-refractivity contribution in [2.24, 2.45) is 5.92 Å². The molecule has 1 unspecified atom stereocenters. The maximum atomic E-state index is 14.5. The monoisotopic (exact) mass is 503 g/mol. The number of nitrogens with zero attached hydrogens (tertiary/aromatic N) is 2. The molecule has 0 aliphatic heterocycles. The number of carboxylic acid groups (broad SMARTS) is 1. The fourth-order valence-electron chi connectivity index (χ4n) is 5.18. The summed E-state index contributed by atoms with van der Waals surface area (Å²) in [5.74, 6) is -2.94. The number of anilines is 1. The largest absolute Gasteiger partial charge is 0.478 e. The number of aryl methyl sites for hydroxylation is 1. The van der Waals surface area contributed by atoms with E-state index in [1.807, 2.05) is 31.2 Å². The average Bonchev–Trinajstić information content (AvgIpc) is 3.23. The lowest BCUT2D eigenvalue weighted by Crippen LogP contribution is -2.33. The van der Waals surface area contributed by atoms with Gasteiger partial charge in [-0.15, -0.1) is 0 Å². The van der Waals surface area contributed by atoms with Crippen molar-refractivity contribution in [1.29, 1.82) is 0 Å². The summed E-state index contributed by atoms with van der Waals surface area (Å²) < 4.78 is 30.4. The van der Waals surface area contributed by atoms with Crippen LogP contribution in [0.4, 0.5) is 14.5 Å². The topological polar surface area (TPSA) is 84.2 Å². The van der Waals surface area contributed by atoms with E-state index in [4.69, 9.17) is 0 Å². The summed E-state index contributed by atoms with van der Waals surface area (Å²) in [5.41, 5.74) is 2.98. The Morgan fingerprint density at radius 2 is 1.62 bits per heavy atom. The number of aromatic nitrogens is 2. The average molecular weight is 504 g/mol. The van der Waals surface area contributed by atoms with Gasteiger partial charge in [-0.1, -0.05) is 49.1 Å². The van der Waals surface area contributed by atoms with E-state index in [1.165, 1.54) is 12.1 Å². The third-order valence-electron chi connectivity index (χ3n) is 7.08. The van der Waals surface area contributed by atoms with Crippen molar-refractivity contribution in [3.8, 4) is 11.4 Å². The van der Waals surface area contributed by atoms with Crippen molar-refractivity contribution in [3.05, 3.63) is 83.4 Å². The summed E-state index contributed by atoms with van der Waals surface area (Å²) in [6.07, 6.45) is 4.64. The Labute approximate surface area is 213 Å². The van der Waals surface area contributed by atoms with Crippen LogP contribution in [0.2, 0.25) is 0 Å². The zero-order valence-corrected chi connectivity index (χ0v) is 20.4. The number of nitrogens with one attached hydrogen (secondary N) is 1. The van der Waals surface area contributed by atoms with E-state index in [1.54, 1.807) is 16.7 Å². The van der Waals surface area contributed by atoms with E-state index in [0.717, 1.165) is 55.4 Å². The molecule has 190 valence electrons. The molecular formula is C29H27F2N3O3. The first kappa shape index (κ1) is 24.6. The number of amides is 1. The van der Waals surface area contributed by atoms with Gasteiger partial charge in [0.15, 0.2) is 11.6 Å². The number of rotatable bonds is 6. The lowest BCUT2D eigenvalue weighted by Gasteiger charge is -2.32. The summed E-state index contributed by atoms with van der Waals surface area (Å²) in [6, 6.07) is 15.0. The molecule has 1 saturated carbocycles. The van der Waals surface area contributed by atoms with E-state index in [9.17, 15) is 23.5 Å². The van der Waals surface area contributed by atoms with Crippen LogP contribution < -0.4 is 5.32 Å². The molecule has 1 aliphatic carbocycles. The number of halogens is 2. The van der Waals surface area contributed by atoms with Crippen LogP contribution in [-0.4, -0.2) is 26.5 Å². The maximum absolute atomic E-state index is 14.5. The van der Waals surface area contributed by atoms with Crippen molar-refractivity contribution in [2.45, 2.75) is 45.1 Å². The fourth-order valence-corrected chi connectivity index (χ4v) is 5.18. The third-order valence-corrected chi connectivity index (χ3v) is 7.08. The highest BCUT2D eigenvalue weighted by molar-refractivity contribution is 5.96. The Bertz CT molecular complexity index is 1460. The van der Waals surface area contributed by atoms with E-state index >= 15 is 0 Å². The molecule has 4 aromatic rings. The van der Waals surface area contributed by atoms with E-state index < -0.39 is 23.6 Å². The summed E-state index contributed by atoms with van der Waals surface area (Å²) >= 11 is 0. The van der Waals surface area contributed by atoms with Crippen LogP contribution in [0.15, 0.2) is 60.7 Å². The first-order chi connectivity index (χ1) is 17.8. The van der Waals surface area contributed by atoms with Crippen LogP contribution in [0, 0.1) is 24.5 Å². The minimum atomic E-state index is -1.06. The molecule has 1 atom stereocenters. The maximum Gasteiger partial charge on any atom is 0.335 e. The molecule has 0 saturated heterocycles. The number of aromatic carboxylic acids is 1. The number of carboxylic acids is 1. The van der Waals surface area contributed by atoms with Crippen LogP contribution in [0.5, 0.6) is 0 Å². The van der Waals surface area contributed by atoms with Gasteiger partial charge in [-0.2, -0.15) is 0 Å². The van der Waals surface area contributed by atoms with Crippen molar-refractivity contribution in [1.82, 2.24) is 9.55 Å². The Kier molecular flexibility index (Phi) is 6.74. The molecule has 1 fully saturated rings. The van der Waals surface area contributed by atoms with Gasteiger partial charge in [-0.3, -0.25) is 4.79 Å². The van der Waals surface area contributed by atoms with Gasteiger partial charge < -0.3 is 15.0 Å². The van der Waals surface area contributed by atoms with Crippen LogP contribution in [0.1, 0.15) is 54.1 Å². The van der Waals surface area contributed by atoms with Crippen molar-refractivity contribution < 1.29 is 23.5 Å². The van der Waals surface area contributed by atoms with Crippen LogP contribution >= 0.6 is 0 Å². The molecular weight excluding hydrogens is 476 g/mol. The quantitative estimate of drug-likeness (QED) is 0.305. The molecule has 0 radical (unpaired) electrons. The first-order valence-electron chi connectivity index (χ1n) is 12.4. The van der Waals surface area contributed by atoms with Gasteiger partial charge in [-0.25, -0.2) is 18.6 Å². The third kappa shape index (κ3) is 4.96. The second-order valence-corrected chi connectivity index (χ2v) is 9.64. The molecule has 3 aromatic carbocycles. The second kappa shape index (κ2) is 10.1. The van der Waals surface area contributed by atoms with Gasteiger partial charge >= 0.3 is 5.97 Å². The Morgan fingerprint density at radius 1 is 0.973 bits per heavy atom. The SMILES string of the molecule is Cc1ccc(-c2nc3cc(F)c(F)cc3n2C(C(=O)Nc2ccc(C(=O)O)cc2)C2CCCCC2)cc1. The second-order valence-electron chi connectivity index (χ2n) is 9.64. The molecule has 5 rings (SSSR count). The van der Waals surface area contributed by atoms with Crippen molar-refractivity contribution in [2.75, 3.05) is 5.32 Å². The lowest BCUT2D eigenvalue weighted by molar-refractivity contribution is -0.121. The van der Waals surface area contributed by atoms with Crippen LogP contribution in [-0.2, 0) is 4.79 Å². The molecule has 8 heteroatoms. The normalized spacial score (nSPS) is 15.0. The van der Waals surface area contributed by atoms with Gasteiger partial charge in [-0.05, 0) is 49.9 Å². The summed E-state index contributed by atoms with van der Waals surface area (Å²) in [5, 5.41) is 12.1. The minimum absolute atomic E-state index is 0.0400. The minimum Gasteiger partial charge on any atom is -0.478 e. The number of benzene rings is 3. The highest BCUT2D eigenvalue weighted by Gasteiger charge is 2.35. The van der Waals surface area contributed by atoms with Crippen LogP contribution in [0.3, 0.4) is 0 Å². The molecule has 2 N–H and O–H groups in total. The van der Waals surface area contributed by atoms with E-state index in [-0.39, 0.29) is 22.9 Å². The van der Waals surface area contributed by atoms with E-state index in [2.05, 4.69) is 10.3 Å².